The van der Waals surface area contributed by atoms with E-state index < -0.39 is 4.92 Å². The Kier molecular flexibility index (Phi) is 2.81. The van der Waals surface area contributed by atoms with Crippen LogP contribution in [0.25, 0.3) is 11.3 Å². The number of nitriles is 1. The molecule has 0 unspecified atom stereocenters. The fourth-order valence-electron chi connectivity index (χ4n) is 1.47. The minimum atomic E-state index is -0.569. The third-order valence-electron chi connectivity index (χ3n) is 2.25. The van der Waals surface area contributed by atoms with Crippen molar-refractivity contribution in [3.8, 4) is 17.3 Å². The van der Waals surface area contributed by atoms with E-state index in [2.05, 4.69) is 4.98 Å². The van der Waals surface area contributed by atoms with Crippen molar-refractivity contribution in [3.63, 3.8) is 0 Å². The van der Waals surface area contributed by atoms with Crippen LogP contribution in [0, 0.1) is 21.4 Å². The molecule has 0 aliphatic rings. The fourth-order valence-corrected chi connectivity index (χ4v) is 1.60. The van der Waals surface area contributed by atoms with E-state index in [0.29, 0.717) is 16.3 Å². The van der Waals surface area contributed by atoms with Crippen LogP contribution in [0.3, 0.4) is 0 Å². The quantitative estimate of drug-likeness (QED) is 0.654. The predicted octanol–water partition coefficient (Wildman–Crippen LogP) is 3.11. The second-order valence-electron chi connectivity index (χ2n) is 3.32. The molecule has 2 rings (SSSR count). The minimum absolute atomic E-state index is 0.202. The summed E-state index contributed by atoms with van der Waals surface area (Å²) in [4.78, 5) is 12.6. The zero-order valence-corrected chi connectivity index (χ0v) is 9.23. The summed E-state index contributed by atoms with van der Waals surface area (Å²) in [6.45, 7) is 0. The molecule has 1 aromatic carbocycles. The molecule has 0 spiro atoms. The van der Waals surface area contributed by atoms with Crippen molar-refractivity contribution in [1.82, 2.24) is 4.98 Å². The third kappa shape index (κ3) is 2.12. The molecule has 5 nitrogen and oxygen atoms in total. The van der Waals surface area contributed by atoms with Crippen LogP contribution in [0.1, 0.15) is 5.56 Å². The van der Waals surface area contributed by atoms with E-state index in [0.717, 1.165) is 0 Å². The van der Waals surface area contributed by atoms with Crippen LogP contribution in [0.4, 0.5) is 5.82 Å². The zero-order chi connectivity index (χ0) is 12.4. The van der Waals surface area contributed by atoms with Crippen LogP contribution in [0.2, 0.25) is 5.02 Å². The number of hydrogen-bond donors (Lipinski definition) is 1. The van der Waals surface area contributed by atoms with Gasteiger partial charge in [0.2, 0.25) is 0 Å². The smallest absolute Gasteiger partial charge is 0.322 e. The molecule has 0 bridgehead atoms. The normalized spacial score (nSPS) is 9.88. The highest BCUT2D eigenvalue weighted by molar-refractivity contribution is 6.30. The molecule has 84 valence electrons. The summed E-state index contributed by atoms with van der Waals surface area (Å²) in [6, 6.07) is 9.83. The summed E-state index contributed by atoms with van der Waals surface area (Å²) >= 11 is 5.75. The molecule has 0 atom stereocenters. The maximum absolute atomic E-state index is 10.6. The number of H-pyrrole nitrogens is 1. The van der Waals surface area contributed by atoms with Gasteiger partial charge in [0.25, 0.3) is 0 Å². The number of nitrogens with zero attached hydrogens (tertiary/aromatic N) is 2. The lowest BCUT2D eigenvalue weighted by Gasteiger charge is -1.95. The van der Waals surface area contributed by atoms with Gasteiger partial charge in [0.1, 0.15) is 11.6 Å². The number of rotatable bonds is 2. The summed E-state index contributed by atoms with van der Waals surface area (Å²) < 4.78 is 0. The minimum Gasteiger partial charge on any atom is -0.358 e. The van der Waals surface area contributed by atoms with E-state index in [9.17, 15) is 10.1 Å². The lowest BCUT2D eigenvalue weighted by Crippen LogP contribution is -1.87. The zero-order valence-electron chi connectivity index (χ0n) is 8.48. The highest BCUT2D eigenvalue weighted by Gasteiger charge is 2.17. The molecule has 1 N–H and O–H groups in total. The first-order valence-electron chi connectivity index (χ1n) is 4.65. The topological polar surface area (TPSA) is 82.7 Å². The van der Waals surface area contributed by atoms with E-state index in [1.54, 1.807) is 24.3 Å². The van der Waals surface area contributed by atoms with Crippen molar-refractivity contribution in [2.75, 3.05) is 0 Å². The van der Waals surface area contributed by atoms with Crippen LogP contribution < -0.4 is 0 Å². The summed E-state index contributed by atoms with van der Waals surface area (Å²) in [5.74, 6) is -0.202. The standard InChI is InChI=1S/C11H6ClN3O2/c12-9-3-1-7(2-4-9)11-8(6-13)5-10(14-11)15(16)17/h1-5,14H. The van der Waals surface area contributed by atoms with Crippen molar-refractivity contribution >= 4 is 17.4 Å². The lowest BCUT2D eigenvalue weighted by molar-refractivity contribution is -0.389. The van der Waals surface area contributed by atoms with Gasteiger partial charge in [-0.2, -0.15) is 5.26 Å². The van der Waals surface area contributed by atoms with Crippen LogP contribution >= 0.6 is 11.6 Å². The Morgan fingerprint density at radius 1 is 1.35 bits per heavy atom. The second-order valence-corrected chi connectivity index (χ2v) is 3.76. The SMILES string of the molecule is N#Cc1cc([N+](=O)[O-])[nH]c1-c1ccc(Cl)cc1. The first-order chi connectivity index (χ1) is 8.11. The van der Waals surface area contributed by atoms with Crippen LogP contribution in [-0.4, -0.2) is 9.91 Å². The van der Waals surface area contributed by atoms with Gasteiger partial charge in [-0.05, 0) is 29.2 Å². The maximum atomic E-state index is 10.6. The molecular weight excluding hydrogens is 242 g/mol. The number of nitrogens with one attached hydrogen (secondary N) is 1. The highest BCUT2D eigenvalue weighted by atomic mass is 35.5. The Balaban J connectivity index is 2.55. The van der Waals surface area contributed by atoms with Gasteiger partial charge in [0.05, 0.1) is 6.07 Å². The van der Waals surface area contributed by atoms with E-state index in [1.165, 1.54) is 6.07 Å². The van der Waals surface area contributed by atoms with Gasteiger partial charge >= 0.3 is 5.82 Å². The van der Waals surface area contributed by atoms with Crippen LogP contribution in [0.15, 0.2) is 30.3 Å². The molecule has 0 radical (unpaired) electrons. The molecule has 0 saturated carbocycles. The monoisotopic (exact) mass is 247 g/mol. The van der Waals surface area contributed by atoms with Gasteiger partial charge in [-0.25, -0.2) is 4.98 Å². The first-order valence-corrected chi connectivity index (χ1v) is 5.03. The average Bonchev–Trinajstić information content (AvgIpc) is 2.74. The summed E-state index contributed by atoms with van der Waals surface area (Å²) in [5.41, 5.74) is 1.34. The highest BCUT2D eigenvalue weighted by Crippen LogP contribution is 2.27. The molecule has 6 heteroatoms. The Bertz CT molecular complexity index is 611. The molecule has 0 amide bonds. The summed E-state index contributed by atoms with van der Waals surface area (Å²) in [5, 5.41) is 20.1. The molecule has 1 aromatic heterocycles. The molecule has 0 fully saturated rings. The average molecular weight is 248 g/mol. The van der Waals surface area contributed by atoms with E-state index in [4.69, 9.17) is 16.9 Å². The molecule has 0 aliphatic carbocycles. The van der Waals surface area contributed by atoms with Gasteiger partial charge < -0.3 is 10.1 Å². The van der Waals surface area contributed by atoms with Gasteiger partial charge in [0.15, 0.2) is 5.69 Å². The number of aromatic amines is 1. The van der Waals surface area contributed by atoms with Crippen molar-refractivity contribution in [2.45, 2.75) is 0 Å². The molecule has 0 saturated heterocycles. The van der Waals surface area contributed by atoms with Gasteiger partial charge in [-0.3, -0.25) is 0 Å². The van der Waals surface area contributed by atoms with Crippen LogP contribution in [-0.2, 0) is 0 Å². The lowest BCUT2D eigenvalue weighted by atomic mass is 10.1. The molecule has 0 aliphatic heterocycles. The second kappa shape index (κ2) is 4.28. The van der Waals surface area contributed by atoms with Gasteiger partial charge in [0, 0.05) is 10.6 Å². The molecule has 17 heavy (non-hydrogen) atoms. The molecule has 1 heterocycles. The fraction of sp³-hybridized carbons (Fsp3) is 0. The number of halogens is 1. The maximum Gasteiger partial charge on any atom is 0.322 e. The Morgan fingerprint density at radius 3 is 2.53 bits per heavy atom. The van der Waals surface area contributed by atoms with E-state index in [1.807, 2.05) is 6.07 Å². The number of aromatic nitrogens is 1. The van der Waals surface area contributed by atoms with Crippen molar-refractivity contribution < 1.29 is 4.92 Å². The number of nitro groups is 1. The van der Waals surface area contributed by atoms with Crippen LogP contribution in [0.5, 0.6) is 0 Å². The Morgan fingerprint density at radius 2 is 2.00 bits per heavy atom. The van der Waals surface area contributed by atoms with Crippen molar-refractivity contribution in [2.24, 2.45) is 0 Å². The summed E-state index contributed by atoms with van der Waals surface area (Å²) in [7, 11) is 0. The molecule has 2 aromatic rings. The van der Waals surface area contributed by atoms with E-state index >= 15 is 0 Å². The largest absolute Gasteiger partial charge is 0.358 e. The Labute approximate surface area is 101 Å². The van der Waals surface area contributed by atoms with Gasteiger partial charge in [-0.15, -0.1) is 0 Å². The van der Waals surface area contributed by atoms with E-state index in [-0.39, 0.29) is 11.4 Å². The van der Waals surface area contributed by atoms with Crippen molar-refractivity contribution in [1.29, 1.82) is 5.26 Å². The Hall–Kier alpha value is -2.32. The summed E-state index contributed by atoms with van der Waals surface area (Å²) in [6.07, 6.45) is 0. The number of hydrogen-bond acceptors (Lipinski definition) is 3. The van der Waals surface area contributed by atoms with Gasteiger partial charge in [-0.1, -0.05) is 11.6 Å². The predicted molar refractivity (Wildman–Crippen MR) is 62.6 cm³/mol. The molecular formula is C11H6ClN3O2. The first kappa shape index (κ1) is 11.2. The third-order valence-corrected chi connectivity index (χ3v) is 2.51. The van der Waals surface area contributed by atoms with Crippen molar-refractivity contribution in [3.05, 3.63) is 51.0 Å². The number of benzene rings is 1.